The quantitative estimate of drug-likeness (QED) is 0.604. The van der Waals surface area contributed by atoms with Crippen LogP contribution in [0.25, 0.3) is 6.08 Å². The maximum atomic E-state index is 14.4. The molecule has 0 amide bonds. The Labute approximate surface area is 138 Å². The monoisotopic (exact) mass is 339 g/mol. The number of nitrogens with zero attached hydrogens (tertiary/aromatic N) is 1. The second-order valence-electron chi connectivity index (χ2n) is 5.16. The highest BCUT2D eigenvalue weighted by molar-refractivity contribution is 6.31. The summed E-state index contributed by atoms with van der Waals surface area (Å²) in [6.45, 7) is 1.82. The Morgan fingerprint density at radius 2 is 2.09 bits per heavy atom. The molecule has 0 N–H and O–H groups in total. The van der Waals surface area contributed by atoms with Gasteiger partial charge in [0.25, 0.3) is 0 Å². The van der Waals surface area contributed by atoms with Crippen LogP contribution in [0.4, 0.5) is 8.78 Å². The lowest BCUT2D eigenvalue weighted by Gasteiger charge is -2.20. The Morgan fingerprint density at radius 3 is 2.77 bits per heavy atom. The number of hydrogen-bond donors (Lipinski definition) is 0. The first-order valence-electron chi connectivity index (χ1n) is 6.72. The Morgan fingerprint density at radius 1 is 1.36 bits per heavy atom. The van der Waals surface area contributed by atoms with E-state index in [1.807, 2.05) is 13.0 Å². The lowest BCUT2D eigenvalue weighted by atomic mass is 9.84. The van der Waals surface area contributed by atoms with Crippen LogP contribution in [-0.2, 0) is 0 Å². The van der Waals surface area contributed by atoms with Gasteiger partial charge in [-0.25, -0.2) is 8.78 Å². The van der Waals surface area contributed by atoms with Gasteiger partial charge in [0.1, 0.15) is 11.6 Å². The smallest absolute Gasteiger partial charge is 0.149 e. The van der Waals surface area contributed by atoms with E-state index in [-0.39, 0.29) is 22.1 Å². The van der Waals surface area contributed by atoms with Crippen molar-refractivity contribution in [1.82, 2.24) is 0 Å². The minimum absolute atomic E-state index is 0.0410. The molecule has 2 atom stereocenters. The standard InChI is InChI=1S/C17H13Cl2F2N/c1-10-5-6-13(18)8-15(20)16(10)12(9-22)7-11-3-2-4-14(19)17(11)21/h2-4,6-8,10,16H,5H2,1H3/b12-7+. The number of rotatable bonds is 2. The molecule has 2 unspecified atom stereocenters. The molecule has 0 saturated carbocycles. The molecule has 0 aliphatic heterocycles. The van der Waals surface area contributed by atoms with E-state index in [1.165, 1.54) is 24.3 Å². The van der Waals surface area contributed by atoms with Crippen LogP contribution >= 0.6 is 23.2 Å². The second kappa shape index (κ2) is 7.09. The van der Waals surface area contributed by atoms with Gasteiger partial charge >= 0.3 is 0 Å². The van der Waals surface area contributed by atoms with E-state index in [9.17, 15) is 14.0 Å². The summed E-state index contributed by atoms with van der Waals surface area (Å²) < 4.78 is 28.3. The Kier molecular flexibility index (Phi) is 5.39. The van der Waals surface area contributed by atoms with Crippen LogP contribution in [-0.4, -0.2) is 0 Å². The van der Waals surface area contributed by atoms with Crippen molar-refractivity contribution in [2.24, 2.45) is 11.8 Å². The van der Waals surface area contributed by atoms with Gasteiger partial charge < -0.3 is 0 Å². The third-order valence-electron chi connectivity index (χ3n) is 3.58. The predicted octanol–water partition coefficient (Wildman–Crippen LogP) is 6.02. The molecule has 2 rings (SSSR count). The van der Waals surface area contributed by atoms with Crippen molar-refractivity contribution in [3.05, 3.63) is 63.2 Å². The molecule has 1 aromatic rings. The number of halogens is 4. The van der Waals surface area contributed by atoms with Crippen LogP contribution in [0.3, 0.4) is 0 Å². The molecule has 0 bridgehead atoms. The van der Waals surface area contributed by atoms with E-state index in [0.29, 0.717) is 11.5 Å². The summed E-state index contributed by atoms with van der Waals surface area (Å²) in [5.41, 5.74) is 0.300. The maximum Gasteiger partial charge on any atom is 0.149 e. The highest BCUT2D eigenvalue weighted by Crippen LogP contribution is 2.36. The average Bonchev–Trinajstić information content (AvgIpc) is 2.60. The highest BCUT2D eigenvalue weighted by Gasteiger charge is 2.28. The van der Waals surface area contributed by atoms with Crippen molar-refractivity contribution >= 4 is 29.3 Å². The van der Waals surface area contributed by atoms with Gasteiger partial charge in [0.15, 0.2) is 0 Å². The van der Waals surface area contributed by atoms with E-state index in [0.717, 1.165) is 0 Å². The van der Waals surface area contributed by atoms with Crippen LogP contribution in [0.1, 0.15) is 18.9 Å². The van der Waals surface area contributed by atoms with Gasteiger partial charge in [-0.2, -0.15) is 5.26 Å². The molecule has 0 spiro atoms. The summed E-state index contributed by atoms with van der Waals surface area (Å²) in [4.78, 5) is 0. The van der Waals surface area contributed by atoms with Gasteiger partial charge in [0.05, 0.1) is 11.1 Å². The average molecular weight is 340 g/mol. The van der Waals surface area contributed by atoms with Crippen molar-refractivity contribution in [3.8, 4) is 6.07 Å². The highest BCUT2D eigenvalue weighted by atomic mass is 35.5. The Balaban J connectivity index is 2.48. The van der Waals surface area contributed by atoms with Crippen molar-refractivity contribution in [2.75, 3.05) is 0 Å². The van der Waals surface area contributed by atoms with E-state index in [2.05, 4.69) is 0 Å². The SMILES string of the molecule is CC1CC=C(Cl)C=C(F)C1/C(C#N)=C/c1cccc(Cl)c1F. The van der Waals surface area contributed by atoms with E-state index < -0.39 is 17.6 Å². The fraction of sp³-hybridized carbons (Fsp3) is 0.235. The molecule has 5 heteroatoms. The zero-order chi connectivity index (χ0) is 16.3. The lowest BCUT2D eigenvalue weighted by Crippen LogP contribution is -2.13. The Bertz CT molecular complexity index is 714. The number of nitriles is 1. The maximum absolute atomic E-state index is 14.4. The lowest BCUT2D eigenvalue weighted by molar-refractivity contribution is 0.402. The van der Waals surface area contributed by atoms with Gasteiger partial charge in [0.2, 0.25) is 0 Å². The van der Waals surface area contributed by atoms with E-state index in [4.69, 9.17) is 23.2 Å². The van der Waals surface area contributed by atoms with Crippen molar-refractivity contribution in [1.29, 1.82) is 5.26 Å². The first-order chi connectivity index (χ1) is 10.4. The minimum atomic E-state index is -0.754. The van der Waals surface area contributed by atoms with Gasteiger partial charge in [0, 0.05) is 22.1 Å². The number of allylic oxidation sites excluding steroid dienone is 5. The largest absolute Gasteiger partial charge is 0.211 e. The molecule has 1 aromatic carbocycles. The molecule has 22 heavy (non-hydrogen) atoms. The van der Waals surface area contributed by atoms with Crippen LogP contribution in [0.5, 0.6) is 0 Å². The Hall–Kier alpha value is -1.63. The fourth-order valence-corrected chi connectivity index (χ4v) is 2.81. The number of hydrogen-bond acceptors (Lipinski definition) is 1. The molecule has 0 saturated heterocycles. The summed E-state index contributed by atoms with van der Waals surface area (Å²) in [5, 5.41) is 9.64. The molecule has 0 fully saturated rings. The van der Waals surface area contributed by atoms with Crippen LogP contribution in [0.15, 0.2) is 46.8 Å². The molecule has 0 heterocycles. The minimum Gasteiger partial charge on any atom is -0.211 e. The van der Waals surface area contributed by atoms with Gasteiger partial charge in [-0.05, 0) is 30.6 Å². The zero-order valence-corrected chi connectivity index (χ0v) is 13.3. The van der Waals surface area contributed by atoms with Crippen LogP contribution in [0, 0.1) is 29.0 Å². The zero-order valence-electron chi connectivity index (χ0n) is 11.8. The van der Waals surface area contributed by atoms with E-state index >= 15 is 0 Å². The molecule has 0 aromatic heterocycles. The van der Waals surface area contributed by atoms with Crippen molar-refractivity contribution in [3.63, 3.8) is 0 Å². The van der Waals surface area contributed by atoms with Gasteiger partial charge in [-0.1, -0.05) is 48.3 Å². The summed E-state index contributed by atoms with van der Waals surface area (Å²) in [6, 6.07) is 6.46. The molecule has 1 aliphatic carbocycles. The third-order valence-corrected chi connectivity index (χ3v) is 4.14. The molecular formula is C17H13Cl2F2N. The van der Waals surface area contributed by atoms with Crippen molar-refractivity contribution < 1.29 is 8.78 Å². The normalized spacial score (nSPS) is 22.5. The summed E-state index contributed by atoms with van der Waals surface area (Å²) in [7, 11) is 0. The molecule has 1 nitrogen and oxygen atoms in total. The fourth-order valence-electron chi connectivity index (χ4n) is 2.43. The topological polar surface area (TPSA) is 23.8 Å². The van der Waals surface area contributed by atoms with Gasteiger partial charge in [-0.15, -0.1) is 0 Å². The van der Waals surface area contributed by atoms with E-state index in [1.54, 1.807) is 12.1 Å². The van der Waals surface area contributed by atoms with Gasteiger partial charge in [-0.3, -0.25) is 0 Å². The number of benzene rings is 1. The summed E-state index contributed by atoms with van der Waals surface area (Å²) >= 11 is 11.6. The molecular weight excluding hydrogens is 327 g/mol. The first-order valence-corrected chi connectivity index (χ1v) is 7.48. The summed E-state index contributed by atoms with van der Waals surface area (Å²) in [6.07, 6.45) is 4.79. The second-order valence-corrected chi connectivity index (χ2v) is 6.01. The first kappa shape index (κ1) is 16.7. The molecule has 1 aliphatic rings. The third kappa shape index (κ3) is 3.58. The van der Waals surface area contributed by atoms with Crippen LogP contribution < -0.4 is 0 Å². The predicted molar refractivity (Wildman–Crippen MR) is 85.4 cm³/mol. The van der Waals surface area contributed by atoms with Crippen molar-refractivity contribution in [2.45, 2.75) is 13.3 Å². The summed E-state index contributed by atoms with van der Waals surface area (Å²) in [5.74, 6) is -2.04. The molecule has 0 radical (unpaired) electrons. The van der Waals surface area contributed by atoms with Crippen LogP contribution in [0.2, 0.25) is 5.02 Å². The molecule has 114 valence electrons.